The average Bonchev–Trinajstić information content (AvgIpc) is 2.45. The Morgan fingerprint density at radius 3 is 2.47 bits per heavy atom. The molecule has 0 unspecified atom stereocenters. The summed E-state index contributed by atoms with van der Waals surface area (Å²) in [5.41, 5.74) is 2.74. The molecule has 0 saturated carbocycles. The van der Waals surface area contributed by atoms with Gasteiger partial charge in [-0.2, -0.15) is 0 Å². The van der Waals surface area contributed by atoms with Gasteiger partial charge in [-0.15, -0.1) is 11.6 Å². The van der Waals surface area contributed by atoms with Crippen molar-refractivity contribution in [3.63, 3.8) is 0 Å². The molecule has 0 fully saturated rings. The lowest BCUT2D eigenvalue weighted by atomic mass is 10.0. The van der Waals surface area contributed by atoms with E-state index in [2.05, 4.69) is 5.32 Å². The Kier molecular flexibility index (Phi) is 4.53. The highest BCUT2D eigenvalue weighted by Crippen LogP contribution is 2.20. The van der Waals surface area contributed by atoms with Gasteiger partial charge >= 0.3 is 0 Å². The van der Waals surface area contributed by atoms with Crippen LogP contribution in [0.25, 0.3) is 11.1 Å². The molecule has 0 saturated heterocycles. The van der Waals surface area contributed by atoms with E-state index >= 15 is 0 Å². The van der Waals surface area contributed by atoms with Crippen LogP contribution in [0, 0.1) is 5.82 Å². The first kappa shape index (κ1) is 13.6. The van der Waals surface area contributed by atoms with Gasteiger partial charge in [0, 0.05) is 6.54 Å². The van der Waals surface area contributed by atoms with Crippen LogP contribution < -0.4 is 5.32 Å². The Hall–Kier alpha value is -1.87. The predicted octanol–water partition coefficient (Wildman–Crippen LogP) is 3.35. The number of carbonyl (C=O) groups excluding carboxylic acids is 1. The Morgan fingerprint density at radius 2 is 1.84 bits per heavy atom. The Bertz CT molecular complexity index is 569. The summed E-state index contributed by atoms with van der Waals surface area (Å²) < 4.78 is 13.1. The number of amides is 1. The maximum atomic E-state index is 13.1. The van der Waals surface area contributed by atoms with Crippen LogP contribution in [0.3, 0.4) is 0 Å². The van der Waals surface area contributed by atoms with Crippen molar-refractivity contribution in [2.75, 3.05) is 5.88 Å². The minimum atomic E-state index is -0.254. The summed E-state index contributed by atoms with van der Waals surface area (Å²) in [5, 5.41) is 2.69. The van der Waals surface area contributed by atoms with Gasteiger partial charge in [-0.25, -0.2) is 4.39 Å². The molecule has 2 aromatic carbocycles. The van der Waals surface area contributed by atoms with Crippen LogP contribution in [0.4, 0.5) is 4.39 Å². The highest BCUT2D eigenvalue weighted by atomic mass is 35.5. The molecule has 0 spiro atoms. The molecule has 0 aliphatic rings. The second-order valence-corrected chi connectivity index (χ2v) is 4.38. The van der Waals surface area contributed by atoms with Gasteiger partial charge < -0.3 is 5.32 Å². The van der Waals surface area contributed by atoms with E-state index < -0.39 is 0 Å². The topological polar surface area (TPSA) is 29.1 Å². The van der Waals surface area contributed by atoms with Gasteiger partial charge in [0.15, 0.2) is 0 Å². The number of rotatable bonds is 4. The van der Waals surface area contributed by atoms with Crippen molar-refractivity contribution < 1.29 is 9.18 Å². The van der Waals surface area contributed by atoms with Crippen LogP contribution in [-0.2, 0) is 11.3 Å². The van der Waals surface area contributed by atoms with Crippen LogP contribution in [-0.4, -0.2) is 11.8 Å². The second-order valence-electron chi connectivity index (χ2n) is 4.12. The Morgan fingerprint density at radius 1 is 1.11 bits per heavy atom. The third-order valence-corrected chi connectivity index (χ3v) is 2.97. The minimum Gasteiger partial charge on any atom is -0.351 e. The molecule has 4 heteroatoms. The van der Waals surface area contributed by atoms with Crippen molar-refractivity contribution in [3.05, 3.63) is 59.9 Å². The molecule has 2 nitrogen and oxygen atoms in total. The molecule has 0 aliphatic carbocycles. The molecule has 1 amide bonds. The van der Waals surface area contributed by atoms with E-state index in [1.165, 1.54) is 12.1 Å². The van der Waals surface area contributed by atoms with E-state index in [1.807, 2.05) is 30.3 Å². The molecule has 2 aromatic rings. The molecule has 0 heterocycles. The maximum Gasteiger partial charge on any atom is 0.235 e. The van der Waals surface area contributed by atoms with Gasteiger partial charge in [0.05, 0.1) is 0 Å². The summed E-state index contributed by atoms with van der Waals surface area (Å²) in [6.45, 7) is 0.439. The second kappa shape index (κ2) is 6.34. The van der Waals surface area contributed by atoms with Crippen LogP contribution in [0.5, 0.6) is 0 Å². The smallest absolute Gasteiger partial charge is 0.235 e. The van der Waals surface area contributed by atoms with Gasteiger partial charge in [-0.05, 0) is 28.8 Å². The third-order valence-electron chi connectivity index (χ3n) is 2.72. The van der Waals surface area contributed by atoms with Crippen molar-refractivity contribution in [2.24, 2.45) is 0 Å². The minimum absolute atomic E-state index is 0.0403. The lowest BCUT2D eigenvalue weighted by Crippen LogP contribution is -2.23. The Balaban J connectivity index is 2.08. The standard InChI is InChI=1S/C15H13ClFNO/c16-9-15(19)18-10-11-4-6-12(7-5-11)13-2-1-3-14(17)8-13/h1-8H,9-10H2,(H,18,19). The number of hydrogen-bond donors (Lipinski definition) is 1. The highest BCUT2D eigenvalue weighted by Gasteiger charge is 2.01. The quantitative estimate of drug-likeness (QED) is 0.853. The van der Waals surface area contributed by atoms with Crippen LogP contribution in [0.15, 0.2) is 48.5 Å². The average molecular weight is 278 g/mol. The molecule has 0 bridgehead atoms. The molecule has 0 atom stereocenters. The lowest BCUT2D eigenvalue weighted by molar-refractivity contribution is -0.118. The number of halogens is 2. The van der Waals surface area contributed by atoms with E-state index in [0.717, 1.165) is 16.7 Å². The van der Waals surface area contributed by atoms with Gasteiger partial charge in [-0.1, -0.05) is 36.4 Å². The van der Waals surface area contributed by atoms with E-state index in [4.69, 9.17) is 11.6 Å². The van der Waals surface area contributed by atoms with E-state index in [1.54, 1.807) is 6.07 Å². The monoisotopic (exact) mass is 277 g/mol. The van der Waals surface area contributed by atoms with E-state index in [-0.39, 0.29) is 17.6 Å². The zero-order valence-electron chi connectivity index (χ0n) is 10.2. The van der Waals surface area contributed by atoms with Crippen molar-refractivity contribution in [3.8, 4) is 11.1 Å². The van der Waals surface area contributed by atoms with Crippen molar-refractivity contribution in [1.29, 1.82) is 0 Å². The third kappa shape index (κ3) is 3.80. The fourth-order valence-electron chi connectivity index (χ4n) is 1.73. The van der Waals surface area contributed by atoms with Crippen LogP contribution in [0.1, 0.15) is 5.56 Å². The zero-order chi connectivity index (χ0) is 13.7. The molecule has 0 radical (unpaired) electrons. The number of nitrogens with one attached hydrogen (secondary N) is 1. The molecule has 0 aliphatic heterocycles. The first-order chi connectivity index (χ1) is 9.19. The summed E-state index contributed by atoms with van der Waals surface area (Å²) in [6, 6.07) is 14.0. The van der Waals surface area contributed by atoms with E-state index in [9.17, 15) is 9.18 Å². The first-order valence-corrected chi connectivity index (χ1v) is 6.40. The number of benzene rings is 2. The molecule has 1 N–H and O–H groups in total. The van der Waals surface area contributed by atoms with Crippen molar-refractivity contribution in [2.45, 2.75) is 6.54 Å². The Labute approximate surface area is 116 Å². The van der Waals surface area contributed by atoms with Gasteiger partial charge in [0.1, 0.15) is 11.7 Å². The summed E-state index contributed by atoms with van der Waals surface area (Å²) in [5.74, 6) is -0.492. The zero-order valence-corrected chi connectivity index (χ0v) is 11.0. The molecule has 98 valence electrons. The number of alkyl halides is 1. The summed E-state index contributed by atoms with van der Waals surface area (Å²) in [4.78, 5) is 11.0. The van der Waals surface area contributed by atoms with Crippen molar-refractivity contribution >= 4 is 17.5 Å². The largest absolute Gasteiger partial charge is 0.351 e. The molecule has 0 aromatic heterocycles. The summed E-state index contributed by atoms with van der Waals surface area (Å²) >= 11 is 5.39. The van der Waals surface area contributed by atoms with Gasteiger partial charge in [0.2, 0.25) is 5.91 Å². The number of hydrogen-bond acceptors (Lipinski definition) is 1. The molecule has 19 heavy (non-hydrogen) atoms. The van der Waals surface area contributed by atoms with Crippen LogP contribution >= 0.6 is 11.6 Å². The van der Waals surface area contributed by atoms with E-state index in [0.29, 0.717) is 6.54 Å². The lowest BCUT2D eigenvalue weighted by Gasteiger charge is -2.06. The number of carbonyl (C=O) groups is 1. The summed E-state index contributed by atoms with van der Waals surface area (Å²) in [6.07, 6.45) is 0. The van der Waals surface area contributed by atoms with Crippen molar-refractivity contribution in [1.82, 2.24) is 5.32 Å². The summed E-state index contributed by atoms with van der Waals surface area (Å²) in [7, 11) is 0. The highest BCUT2D eigenvalue weighted by molar-refractivity contribution is 6.27. The SMILES string of the molecule is O=C(CCl)NCc1ccc(-c2cccc(F)c2)cc1. The molecule has 2 rings (SSSR count). The maximum absolute atomic E-state index is 13.1. The van der Waals surface area contributed by atoms with Gasteiger partial charge in [0.25, 0.3) is 0 Å². The predicted molar refractivity (Wildman–Crippen MR) is 74.4 cm³/mol. The fraction of sp³-hybridized carbons (Fsp3) is 0.133. The first-order valence-electron chi connectivity index (χ1n) is 5.86. The molecular weight excluding hydrogens is 265 g/mol. The molecular formula is C15H13ClFNO. The van der Waals surface area contributed by atoms with Crippen LogP contribution in [0.2, 0.25) is 0 Å². The normalized spacial score (nSPS) is 10.2. The fourth-order valence-corrected chi connectivity index (χ4v) is 1.83. The van der Waals surface area contributed by atoms with Gasteiger partial charge in [-0.3, -0.25) is 4.79 Å².